The largest absolute Gasteiger partial charge is 0.478 e. The van der Waals surface area contributed by atoms with Gasteiger partial charge < -0.3 is 5.11 Å². The molecule has 26 heavy (non-hydrogen) atoms. The summed E-state index contributed by atoms with van der Waals surface area (Å²) in [5.74, 6) is -0.744. The molecule has 0 spiro atoms. The first-order chi connectivity index (χ1) is 12.3. The quantitative estimate of drug-likeness (QED) is 0.858. The molecule has 1 aliphatic heterocycles. The molecular formula is C18H21N3O4S. The van der Waals surface area contributed by atoms with Crippen molar-refractivity contribution < 1.29 is 18.3 Å². The van der Waals surface area contributed by atoms with E-state index in [4.69, 9.17) is 5.11 Å². The Labute approximate surface area is 152 Å². The zero-order valence-corrected chi connectivity index (χ0v) is 15.3. The van der Waals surface area contributed by atoms with Crippen LogP contribution in [0, 0.1) is 5.92 Å². The van der Waals surface area contributed by atoms with Crippen LogP contribution < -0.4 is 0 Å². The van der Waals surface area contributed by atoms with Crippen molar-refractivity contribution in [2.24, 2.45) is 5.92 Å². The summed E-state index contributed by atoms with van der Waals surface area (Å²) in [7, 11) is -3.14. The van der Waals surface area contributed by atoms with Crippen molar-refractivity contribution in [1.29, 1.82) is 0 Å². The highest BCUT2D eigenvalue weighted by Gasteiger charge is 2.25. The van der Waals surface area contributed by atoms with Crippen LogP contribution in [0.25, 0.3) is 11.3 Å². The molecule has 0 radical (unpaired) electrons. The second-order valence-corrected chi connectivity index (χ2v) is 8.63. The van der Waals surface area contributed by atoms with E-state index in [-0.39, 0.29) is 11.5 Å². The van der Waals surface area contributed by atoms with Crippen LogP contribution in [0.4, 0.5) is 0 Å². The molecule has 0 aromatic carbocycles. The zero-order valence-electron chi connectivity index (χ0n) is 14.5. The van der Waals surface area contributed by atoms with Gasteiger partial charge in [-0.2, -0.15) is 0 Å². The fraction of sp³-hybridized carbons (Fsp3) is 0.389. The minimum absolute atomic E-state index is 0.122. The van der Waals surface area contributed by atoms with Crippen molar-refractivity contribution in [2.45, 2.75) is 19.3 Å². The van der Waals surface area contributed by atoms with Gasteiger partial charge in [0.15, 0.2) is 0 Å². The van der Waals surface area contributed by atoms with Gasteiger partial charge in [-0.25, -0.2) is 17.5 Å². The predicted molar refractivity (Wildman–Crippen MR) is 97.3 cm³/mol. The van der Waals surface area contributed by atoms with E-state index in [0.717, 1.165) is 24.8 Å². The van der Waals surface area contributed by atoms with Crippen LogP contribution in [0.2, 0.25) is 0 Å². The maximum Gasteiger partial charge on any atom is 0.337 e. The molecular weight excluding hydrogens is 354 g/mol. The molecule has 0 saturated carbocycles. The molecule has 1 N–H and O–H groups in total. The summed E-state index contributed by atoms with van der Waals surface area (Å²) in [5, 5.41) is 9.05. The Bertz CT molecular complexity index is 897. The monoisotopic (exact) mass is 375 g/mol. The number of sulfonamides is 1. The van der Waals surface area contributed by atoms with E-state index >= 15 is 0 Å². The van der Waals surface area contributed by atoms with Gasteiger partial charge in [0.1, 0.15) is 0 Å². The molecule has 7 nitrogen and oxygen atoms in total. The number of pyridine rings is 2. The Kier molecular flexibility index (Phi) is 5.33. The Morgan fingerprint density at radius 3 is 2.77 bits per heavy atom. The molecule has 0 aliphatic carbocycles. The van der Waals surface area contributed by atoms with E-state index in [1.165, 1.54) is 12.5 Å². The van der Waals surface area contributed by atoms with Crippen molar-refractivity contribution in [3.63, 3.8) is 0 Å². The summed E-state index contributed by atoms with van der Waals surface area (Å²) in [6.45, 7) is 1.14. The van der Waals surface area contributed by atoms with E-state index in [2.05, 4.69) is 9.97 Å². The Hall–Kier alpha value is -2.32. The molecule has 3 heterocycles. The number of nitrogens with zero attached hydrogens (tertiary/aromatic N) is 3. The van der Waals surface area contributed by atoms with Crippen LogP contribution in [-0.4, -0.2) is 53.1 Å². The smallest absolute Gasteiger partial charge is 0.337 e. The molecule has 0 amide bonds. The molecule has 1 fully saturated rings. The highest BCUT2D eigenvalue weighted by Crippen LogP contribution is 2.23. The lowest BCUT2D eigenvalue weighted by molar-refractivity contribution is 0.0696. The second-order valence-electron chi connectivity index (χ2n) is 6.65. The van der Waals surface area contributed by atoms with Crippen LogP contribution in [0.15, 0.2) is 36.8 Å². The van der Waals surface area contributed by atoms with Crippen LogP contribution in [-0.2, 0) is 16.4 Å². The zero-order chi connectivity index (χ0) is 18.7. The Morgan fingerprint density at radius 2 is 2.12 bits per heavy atom. The van der Waals surface area contributed by atoms with Crippen LogP contribution in [0.3, 0.4) is 0 Å². The van der Waals surface area contributed by atoms with Crippen molar-refractivity contribution in [3.8, 4) is 11.3 Å². The lowest BCUT2D eigenvalue weighted by Crippen LogP contribution is -2.39. The number of aromatic carboxylic acids is 1. The van der Waals surface area contributed by atoms with Crippen molar-refractivity contribution in [3.05, 3.63) is 47.9 Å². The van der Waals surface area contributed by atoms with E-state index < -0.39 is 16.0 Å². The SMILES string of the molecule is CS(=O)(=O)N1CCC[C@H](Cc2ccc(-c3cncc(C(=O)O)c3)nc2)C1. The van der Waals surface area contributed by atoms with Gasteiger partial charge in [-0.3, -0.25) is 9.97 Å². The molecule has 138 valence electrons. The fourth-order valence-electron chi connectivity index (χ4n) is 3.24. The standard InChI is InChI=1S/C18H21N3O4S/c1-26(24,25)21-6-2-3-14(12-21)7-13-4-5-17(20-9-13)15-8-16(18(22)23)11-19-10-15/h4-5,8-11,14H,2-3,6-7,12H2,1H3,(H,22,23)/t14-/m1/s1. The number of piperidine rings is 1. The summed E-state index contributed by atoms with van der Waals surface area (Å²) in [5.41, 5.74) is 2.47. The van der Waals surface area contributed by atoms with E-state index in [9.17, 15) is 13.2 Å². The summed E-state index contributed by atoms with van der Waals surface area (Å²) in [6.07, 6.45) is 8.55. The summed E-state index contributed by atoms with van der Waals surface area (Å²) in [6, 6.07) is 5.34. The molecule has 1 atom stereocenters. The highest BCUT2D eigenvalue weighted by molar-refractivity contribution is 7.88. The third-order valence-corrected chi connectivity index (χ3v) is 5.85. The normalized spacial score (nSPS) is 18.6. The van der Waals surface area contributed by atoms with Crippen LogP contribution >= 0.6 is 0 Å². The molecule has 3 rings (SSSR count). The van der Waals surface area contributed by atoms with Gasteiger partial charge >= 0.3 is 5.97 Å². The number of carbonyl (C=O) groups is 1. The molecule has 8 heteroatoms. The van der Waals surface area contributed by atoms with Crippen molar-refractivity contribution >= 4 is 16.0 Å². The third kappa shape index (κ3) is 4.44. The van der Waals surface area contributed by atoms with Crippen LogP contribution in [0.1, 0.15) is 28.8 Å². The van der Waals surface area contributed by atoms with E-state index in [0.29, 0.717) is 24.3 Å². The first-order valence-electron chi connectivity index (χ1n) is 8.41. The van der Waals surface area contributed by atoms with Gasteiger partial charge in [-0.1, -0.05) is 6.07 Å². The first kappa shape index (κ1) is 18.5. The van der Waals surface area contributed by atoms with Gasteiger partial charge in [0, 0.05) is 37.2 Å². The lowest BCUT2D eigenvalue weighted by Gasteiger charge is -2.30. The van der Waals surface area contributed by atoms with E-state index in [1.54, 1.807) is 22.8 Å². The molecule has 0 unspecified atom stereocenters. The Morgan fingerprint density at radius 1 is 1.31 bits per heavy atom. The summed E-state index contributed by atoms with van der Waals surface area (Å²) in [4.78, 5) is 19.4. The van der Waals surface area contributed by atoms with Gasteiger partial charge in [0.25, 0.3) is 0 Å². The van der Waals surface area contributed by atoms with Crippen LogP contribution in [0.5, 0.6) is 0 Å². The lowest BCUT2D eigenvalue weighted by atomic mass is 9.93. The first-order valence-corrected chi connectivity index (χ1v) is 10.3. The number of aromatic nitrogens is 2. The minimum Gasteiger partial charge on any atom is -0.478 e. The minimum atomic E-state index is -3.14. The number of hydrogen-bond donors (Lipinski definition) is 1. The van der Waals surface area contributed by atoms with Gasteiger partial charge in [-0.05, 0) is 42.9 Å². The van der Waals surface area contributed by atoms with Gasteiger partial charge in [-0.15, -0.1) is 0 Å². The average molecular weight is 375 g/mol. The average Bonchev–Trinajstić information content (AvgIpc) is 2.62. The topological polar surface area (TPSA) is 100 Å². The van der Waals surface area contributed by atoms with Gasteiger partial charge in [0.2, 0.25) is 10.0 Å². The number of carboxylic acids is 1. The predicted octanol–water partition coefficient (Wildman–Crippen LogP) is 2.06. The molecule has 1 saturated heterocycles. The molecule has 0 bridgehead atoms. The molecule has 2 aromatic heterocycles. The van der Waals surface area contributed by atoms with Gasteiger partial charge in [0.05, 0.1) is 17.5 Å². The summed E-state index contributed by atoms with van der Waals surface area (Å²) >= 11 is 0. The maximum atomic E-state index is 11.7. The number of rotatable bonds is 5. The van der Waals surface area contributed by atoms with Crippen molar-refractivity contribution in [2.75, 3.05) is 19.3 Å². The van der Waals surface area contributed by atoms with E-state index in [1.807, 2.05) is 12.1 Å². The fourth-order valence-corrected chi connectivity index (χ4v) is 4.18. The highest BCUT2D eigenvalue weighted by atomic mass is 32.2. The number of hydrogen-bond acceptors (Lipinski definition) is 5. The second kappa shape index (κ2) is 7.51. The third-order valence-electron chi connectivity index (χ3n) is 4.58. The number of carboxylic acid groups (broad SMARTS) is 1. The molecule has 2 aromatic rings. The maximum absolute atomic E-state index is 11.7. The Balaban J connectivity index is 1.70. The van der Waals surface area contributed by atoms with Crippen molar-refractivity contribution in [1.82, 2.24) is 14.3 Å². The summed E-state index contributed by atoms with van der Waals surface area (Å²) < 4.78 is 25.0. The molecule has 1 aliphatic rings.